The Balaban J connectivity index is 2.21. The van der Waals surface area contributed by atoms with Crippen molar-refractivity contribution < 1.29 is 0 Å². The van der Waals surface area contributed by atoms with E-state index in [1.165, 1.54) is 30.5 Å². The molecule has 4 heteroatoms. The maximum atomic E-state index is 6.05. The standard InChI is InChI=1S/C16H30N4/c1-6-14-7-8-20(15(9-14)10-17)13(4)16-11(2)18-19(5)12(16)3/h13-15H,6-10,17H2,1-5H3. The first-order chi connectivity index (χ1) is 9.49. The molecule has 1 aromatic rings. The van der Waals surface area contributed by atoms with Gasteiger partial charge in [0.1, 0.15) is 0 Å². The summed E-state index contributed by atoms with van der Waals surface area (Å²) in [6, 6.07) is 0.928. The Kier molecular flexibility index (Phi) is 4.86. The molecule has 1 fully saturated rings. The summed E-state index contributed by atoms with van der Waals surface area (Å²) in [5, 5.41) is 4.57. The smallest absolute Gasteiger partial charge is 0.0644 e. The van der Waals surface area contributed by atoms with Crippen molar-refractivity contribution in [1.29, 1.82) is 0 Å². The highest BCUT2D eigenvalue weighted by Crippen LogP contribution is 2.34. The van der Waals surface area contributed by atoms with Crippen LogP contribution in [0.25, 0.3) is 0 Å². The van der Waals surface area contributed by atoms with E-state index in [0.29, 0.717) is 12.1 Å². The average molecular weight is 278 g/mol. The third-order valence-electron chi connectivity index (χ3n) is 5.20. The highest BCUT2D eigenvalue weighted by Gasteiger charge is 2.32. The minimum Gasteiger partial charge on any atom is -0.329 e. The van der Waals surface area contributed by atoms with Crippen LogP contribution in [-0.2, 0) is 7.05 Å². The van der Waals surface area contributed by atoms with E-state index < -0.39 is 0 Å². The van der Waals surface area contributed by atoms with Gasteiger partial charge in [-0.15, -0.1) is 0 Å². The van der Waals surface area contributed by atoms with Crippen LogP contribution in [0.2, 0.25) is 0 Å². The lowest BCUT2D eigenvalue weighted by molar-refractivity contribution is 0.0767. The SMILES string of the molecule is CCC1CCN(C(C)c2c(C)nn(C)c2C)C(CN)C1. The first-order valence-corrected chi connectivity index (χ1v) is 7.95. The molecule has 2 heterocycles. The van der Waals surface area contributed by atoms with Crippen LogP contribution in [0.1, 0.15) is 56.1 Å². The van der Waals surface area contributed by atoms with Crippen molar-refractivity contribution in [2.45, 2.75) is 59.0 Å². The number of piperidine rings is 1. The molecule has 0 spiro atoms. The molecular weight excluding hydrogens is 248 g/mol. The molecular formula is C16H30N4. The van der Waals surface area contributed by atoms with Crippen molar-refractivity contribution >= 4 is 0 Å². The van der Waals surface area contributed by atoms with Crippen LogP contribution in [0.5, 0.6) is 0 Å². The topological polar surface area (TPSA) is 47.1 Å². The first-order valence-electron chi connectivity index (χ1n) is 7.95. The molecule has 1 aliphatic heterocycles. The maximum Gasteiger partial charge on any atom is 0.0644 e. The Morgan fingerprint density at radius 1 is 1.40 bits per heavy atom. The molecule has 4 nitrogen and oxygen atoms in total. The molecule has 2 N–H and O–H groups in total. The average Bonchev–Trinajstić information content (AvgIpc) is 2.70. The summed E-state index contributed by atoms with van der Waals surface area (Å²) in [6.45, 7) is 10.8. The van der Waals surface area contributed by atoms with Crippen LogP contribution in [0, 0.1) is 19.8 Å². The summed E-state index contributed by atoms with van der Waals surface area (Å²) in [6.07, 6.45) is 3.83. The zero-order chi connectivity index (χ0) is 14.9. The van der Waals surface area contributed by atoms with Gasteiger partial charge in [-0.05, 0) is 46.1 Å². The van der Waals surface area contributed by atoms with Gasteiger partial charge in [0.15, 0.2) is 0 Å². The van der Waals surface area contributed by atoms with Crippen LogP contribution in [0.3, 0.4) is 0 Å². The fraction of sp³-hybridized carbons (Fsp3) is 0.812. The van der Waals surface area contributed by atoms with E-state index in [9.17, 15) is 0 Å². The molecule has 1 saturated heterocycles. The van der Waals surface area contributed by atoms with Crippen LogP contribution in [0.15, 0.2) is 0 Å². The molecule has 3 atom stereocenters. The Labute approximate surface area is 123 Å². The predicted octanol–water partition coefficient (Wildman–Crippen LogP) is 2.55. The second-order valence-electron chi connectivity index (χ2n) is 6.31. The van der Waals surface area contributed by atoms with Crippen molar-refractivity contribution in [2.24, 2.45) is 18.7 Å². The fourth-order valence-corrected chi connectivity index (χ4v) is 3.82. The van der Waals surface area contributed by atoms with Gasteiger partial charge in [-0.3, -0.25) is 9.58 Å². The monoisotopic (exact) mass is 278 g/mol. The molecule has 1 aromatic heterocycles. The molecule has 114 valence electrons. The van der Waals surface area contributed by atoms with E-state index in [1.807, 2.05) is 11.7 Å². The second kappa shape index (κ2) is 6.27. The van der Waals surface area contributed by atoms with E-state index in [4.69, 9.17) is 5.73 Å². The van der Waals surface area contributed by atoms with E-state index in [1.54, 1.807) is 0 Å². The van der Waals surface area contributed by atoms with Crippen molar-refractivity contribution in [3.8, 4) is 0 Å². The van der Waals surface area contributed by atoms with E-state index in [-0.39, 0.29) is 0 Å². The van der Waals surface area contributed by atoms with Crippen LogP contribution >= 0.6 is 0 Å². The number of rotatable bonds is 4. The molecule has 20 heavy (non-hydrogen) atoms. The zero-order valence-electron chi connectivity index (χ0n) is 13.7. The van der Waals surface area contributed by atoms with Gasteiger partial charge in [0, 0.05) is 36.9 Å². The summed E-state index contributed by atoms with van der Waals surface area (Å²) >= 11 is 0. The van der Waals surface area contributed by atoms with Gasteiger partial charge < -0.3 is 5.73 Å². The van der Waals surface area contributed by atoms with Crippen LogP contribution in [0.4, 0.5) is 0 Å². The number of aryl methyl sites for hydroxylation is 2. The Morgan fingerprint density at radius 2 is 2.10 bits per heavy atom. The fourth-order valence-electron chi connectivity index (χ4n) is 3.82. The third-order valence-corrected chi connectivity index (χ3v) is 5.20. The molecule has 0 bridgehead atoms. The van der Waals surface area contributed by atoms with Gasteiger partial charge in [0.05, 0.1) is 5.69 Å². The van der Waals surface area contributed by atoms with Crippen molar-refractivity contribution in [2.75, 3.05) is 13.1 Å². The van der Waals surface area contributed by atoms with Crippen molar-refractivity contribution in [3.05, 3.63) is 17.0 Å². The predicted molar refractivity (Wildman–Crippen MR) is 83.7 cm³/mol. The number of nitrogens with two attached hydrogens (primary N) is 1. The normalized spacial score (nSPS) is 25.9. The van der Waals surface area contributed by atoms with Gasteiger partial charge in [0.2, 0.25) is 0 Å². The number of nitrogens with zero attached hydrogens (tertiary/aromatic N) is 3. The molecule has 0 aromatic carbocycles. The Morgan fingerprint density at radius 3 is 2.60 bits per heavy atom. The number of aromatic nitrogens is 2. The van der Waals surface area contributed by atoms with Gasteiger partial charge in [-0.2, -0.15) is 5.10 Å². The van der Waals surface area contributed by atoms with Crippen molar-refractivity contribution in [1.82, 2.24) is 14.7 Å². The minimum absolute atomic E-state index is 0.412. The highest BCUT2D eigenvalue weighted by molar-refractivity contribution is 5.28. The Hall–Kier alpha value is -0.870. The summed E-state index contributed by atoms with van der Waals surface area (Å²) in [4.78, 5) is 2.60. The van der Waals surface area contributed by atoms with Crippen molar-refractivity contribution in [3.63, 3.8) is 0 Å². The lowest BCUT2D eigenvalue weighted by Crippen LogP contribution is -2.47. The van der Waals surface area contributed by atoms with Crippen LogP contribution in [-0.4, -0.2) is 33.8 Å². The van der Waals surface area contributed by atoms with Gasteiger partial charge in [0.25, 0.3) is 0 Å². The zero-order valence-corrected chi connectivity index (χ0v) is 13.7. The molecule has 0 saturated carbocycles. The quantitative estimate of drug-likeness (QED) is 0.920. The summed E-state index contributed by atoms with van der Waals surface area (Å²) in [5.41, 5.74) is 9.87. The molecule has 0 aliphatic carbocycles. The number of hydrogen-bond acceptors (Lipinski definition) is 3. The van der Waals surface area contributed by atoms with Gasteiger partial charge in [-0.25, -0.2) is 0 Å². The maximum absolute atomic E-state index is 6.05. The van der Waals surface area contributed by atoms with E-state index in [2.05, 4.69) is 37.7 Å². The lowest BCUT2D eigenvalue weighted by atomic mass is 9.87. The van der Waals surface area contributed by atoms with Gasteiger partial charge >= 0.3 is 0 Å². The summed E-state index contributed by atoms with van der Waals surface area (Å²) in [7, 11) is 2.03. The molecule has 0 amide bonds. The Bertz CT molecular complexity index is 452. The van der Waals surface area contributed by atoms with Crippen LogP contribution < -0.4 is 5.73 Å². The number of likely N-dealkylation sites (tertiary alicyclic amines) is 1. The second-order valence-corrected chi connectivity index (χ2v) is 6.31. The number of hydrogen-bond donors (Lipinski definition) is 1. The molecule has 2 rings (SSSR count). The molecule has 1 aliphatic rings. The van der Waals surface area contributed by atoms with E-state index >= 15 is 0 Å². The van der Waals surface area contributed by atoms with E-state index in [0.717, 1.165) is 24.7 Å². The minimum atomic E-state index is 0.412. The van der Waals surface area contributed by atoms with Gasteiger partial charge in [-0.1, -0.05) is 13.3 Å². The molecule has 0 radical (unpaired) electrons. The largest absolute Gasteiger partial charge is 0.329 e. The summed E-state index contributed by atoms with van der Waals surface area (Å²) < 4.78 is 2.00. The third kappa shape index (κ3) is 2.77. The summed E-state index contributed by atoms with van der Waals surface area (Å²) in [5.74, 6) is 0.850. The molecule has 3 unspecified atom stereocenters. The highest BCUT2D eigenvalue weighted by atomic mass is 15.3. The first kappa shape index (κ1) is 15.5. The lowest BCUT2D eigenvalue weighted by Gasteiger charge is -2.42.